The first-order valence-electron chi connectivity index (χ1n) is 10.7. The van der Waals surface area contributed by atoms with Gasteiger partial charge in [0.25, 0.3) is 17.5 Å². The Hall–Kier alpha value is -3.90. The van der Waals surface area contributed by atoms with Gasteiger partial charge in [-0.25, -0.2) is 9.59 Å². The van der Waals surface area contributed by atoms with Crippen LogP contribution in [0.4, 0.5) is 10.5 Å². The van der Waals surface area contributed by atoms with E-state index in [9.17, 15) is 29.3 Å². The molecule has 1 saturated heterocycles. The molecule has 1 aliphatic carbocycles. The summed E-state index contributed by atoms with van der Waals surface area (Å²) in [7, 11) is 1.29. The van der Waals surface area contributed by atoms with E-state index in [-0.39, 0.29) is 18.1 Å². The van der Waals surface area contributed by atoms with Crippen molar-refractivity contribution in [1.29, 1.82) is 0 Å². The van der Waals surface area contributed by atoms with Crippen molar-refractivity contribution in [3.63, 3.8) is 0 Å². The molecule has 2 aliphatic rings. The molecular formula is C21H26N4O9. The van der Waals surface area contributed by atoms with E-state index in [1.165, 1.54) is 7.11 Å². The number of imide groups is 1. The third kappa shape index (κ3) is 4.87. The zero-order chi connectivity index (χ0) is 25.0. The molecule has 0 radical (unpaired) electrons. The number of amides is 4. The fraction of sp³-hybridized carbons (Fsp3) is 0.524. The number of methoxy groups -OCH3 is 1. The zero-order valence-electron chi connectivity index (χ0n) is 19.0. The molecule has 1 saturated carbocycles. The number of rotatable bonds is 8. The second-order valence-corrected chi connectivity index (χ2v) is 8.16. The molecule has 3 rings (SSSR count). The van der Waals surface area contributed by atoms with Crippen LogP contribution in [-0.2, 0) is 14.3 Å². The van der Waals surface area contributed by atoms with Gasteiger partial charge in [-0.05, 0) is 38.5 Å². The van der Waals surface area contributed by atoms with Crippen molar-refractivity contribution in [3.8, 4) is 11.5 Å². The second-order valence-electron chi connectivity index (χ2n) is 8.16. The van der Waals surface area contributed by atoms with Crippen molar-refractivity contribution in [2.75, 3.05) is 20.3 Å². The first-order chi connectivity index (χ1) is 16.1. The minimum atomic E-state index is -1.17. The van der Waals surface area contributed by atoms with Crippen molar-refractivity contribution < 1.29 is 38.3 Å². The number of urea groups is 1. The Labute approximate surface area is 194 Å². The summed E-state index contributed by atoms with van der Waals surface area (Å²) in [6, 6.07) is 1.33. The van der Waals surface area contributed by atoms with Crippen LogP contribution in [0.5, 0.6) is 11.5 Å². The minimum absolute atomic E-state index is 0.0486. The highest BCUT2D eigenvalue weighted by atomic mass is 16.6. The number of hydrogen-bond donors (Lipinski definition) is 2. The number of esters is 1. The molecule has 0 bridgehead atoms. The summed E-state index contributed by atoms with van der Waals surface area (Å²) >= 11 is 0. The smallest absolute Gasteiger partial charge is 0.345 e. The predicted molar refractivity (Wildman–Crippen MR) is 115 cm³/mol. The molecule has 0 aromatic heterocycles. The molecule has 0 atom stereocenters. The van der Waals surface area contributed by atoms with E-state index < -0.39 is 52.1 Å². The average molecular weight is 478 g/mol. The summed E-state index contributed by atoms with van der Waals surface area (Å²) in [5.74, 6) is -2.13. The van der Waals surface area contributed by atoms with Crippen LogP contribution in [0.3, 0.4) is 0 Å². The fourth-order valence-corrected chi connectivity index (χ4v) is 3.97. The maximum atomic E-state index is 12.8. The highest BCUT2D eigenvalue weighted by Gasteiger charge is 2.52. The van der Waals surface area contributed by atoms with Crippen LogP contribution >= 0.6 is 0 Å². The van der Waals surface area contributed by atoms with Gasteiger partial charge in [-0.2, -0.15) is 5.01 Å². The number of nitrogens with one attached hydrogen (secondary N) is 2. The summed E-state index contributed by atoms with van der Waals surface area (Å²) in [6.45, 7) is 3.06. The minimum Gasteiger partial charge on any atom is -0.493 e. The Morgan fingerprint density at radius 3 is 2.53 bits per heavy atom. The molecule has 1 heterocycles. The Kier molecular flexibility index (Phi) is 7.23. The number of ether oxygens (including phenoxy) is 3. The van der Waals surface area contributed by atoms with E-state index in [1.54, 1.807) is 6.92 Å². The maximum Gasteiger partial charge on any atom is 0.345 e. The number of carbonyl (C=O) groups is 4. The van der Waals surface area contributed by atoms with Crippen molar-refractivity contribution in [1.82, 2.24) is 15.8 Å². The molecule has 4 amide bonds. The number of nitro groups is 1. The molecule has 1 aliphatic heterocycles. The van der Waals surface area contributed by atoms with Crippen molar-refractivity contribution in [2.45, 2.75) is 45.1 Å². The topological polar surface area (TPSA) is 166 Å². The van der Waals surface area contributed by atoms with Crippen LogP contribution in [-0.4, -0.2) is 59.6 Å². The summed E-state index contributed by atoms with van der Waals surface area (Å²) < 4.78 is 15.3. The molecule has 2 fully saturated rings. The number of carbonyl (C=O) groups excluding carboxylic acids is 4. The number of benzene rings is 1. The Morgan fingerprint density at radius 2 is 1.94 bits per heavy atom. The molecule has 0 unspecified atom stereocenters. The average Bonchev–Trinajstić information content (AvgIpc) is 3.03. The highest BCUT2D eigenvalue weighted by molar-refractivity contribution is 6.08. The largest absolute Gasteiger partial charge is 0.493 e. The summed E-state index contributed by atoms with van der Waals surface area (Å²) in [5.41, 5.74) is 0.0287. The van der Waals surface area contributed by atoms with Gasteiger partial charge >= 0.3 is 12.0 Å². The maximum absolute atomic E-state index is 12.8. The number of hydrazine groups is 1. The lowest BCUT2D eigenvalue weighted by molar-refractivity contribution is -0.385. The van der Waals surface area contributed by atoms with E-state index in [1.807, 2.05) is 0 Å². The second kappa shape index (κ2) is 9.93. The Balaban J connectivity index is 1.67. The number of hydrogen-bond acceptors (Lipinski definition) is 9. The molecule has 13 heteroatoms. The Morgan fingerprint density at radius 1 is 1.26 bits per heavy atom. The lowest BCUT2D eigenvalue weighted by atomic mass is 9.77. The lowest BCUT2D eigenvalue weighted by Crippen LogP contribution is -2.52. The van der Waals surface area contributed by atoms with E-state index >= 15 is 0 Å². The van der Waals surface area contributed by atoms with Gasteiger partial charge in [0.05, 0.1) is 24.7 Å². The normalized spacial score (nSPS) is 21.7. The molecule has 34 heavy (non-hydrogen) atoms. The zero-order valence-corrected chi connectivity index (χ0v) is 19.0. The molecule has 2 N–H and O–H groups in total. The lowest BCUT2D eigenvalue weighted by Gasteiger charge is -2.33. The first kappa shape index (κ1) is 24.7. The third-order valence-electron chi connectivity index (χ3n) is 5.86. The van der Waals surface area contributed by atoms with E-state index in [2.05, 4.69) is 17.7 Å². The van der Waals surface area contributed by atoms with Gasteiger partial charge in [0.1, 0.15) is 11.1 Å². The van der Waals surface area contributed by atoms with Crippen molar-refractivity contribution >= 4 is 29.5 Å². The van der Waals surface area contributed by atoms with Gasteiger partial charge < -0.3 is 19.5 Å². The van der Waals surface area contributed by atoms with Crippen molar-refractivity contribution in [3.05, 3.63) is 27.8 Å². The van der Waals surface area contributed by atoms with Crippen LogP contribution in [0.1, 0.15) is 49.9 Å². The highest BCUT2D eigenvalue weighted by Crippen LogP contribution is 2.36. The molecule has 1 spiro atoms. The fourth-order valence-electron chi connectivity index (χ4n) is 3.97. The monoisotopic (exact) mass is 478 g/mol. The summed E-state index contributed by atoms with van der Waals surface area (Å²) in [6.07, 6.45) is 2.44. The van der Waals surface area contributed by atoms with Gasteiger partial charge in [-0.15, -0.1) is 0 Å². The van der Waals surface area contributed by atoms with Crippen LogP contribution < -0.4 is 20.2 Å². The van der Waals surface area contributed by atoms with Gasteiger partial charge in [0.15, 0.2) is 18.1 Å². The van der Waals surface area contributed by atoms with Crippen LogP contribution in [0.15, 0.2) is 12.1 Å². The molecule has 184 valence electrons. The standard InChI is InChI=1S/C21H26N4O9/c1-4-33-16-9-13(14(25(30)31)10-15(16)32-3)18(27)34-11-17(26)23-24-19(28)21(22-20(24)29)7-5-12(2)6-8-21/h9-10,12H,4-8,11H2,1-3H3,(H,22,29)(H,23,26). The number of nitro benzene ring substituents is 1. The van der Waals surface area contributed by atoms with Crippen LogP contribution in [0.2, 0.25) is 0 Å². The van der Waals surface area contributed by atoms with Gasteiger partial charge in [-0.3, -0.25) is 25.1 Å². The Bertz CT molecular complexity index is 1020. The molecule has 1 aromatic carbocycles. The van der Waals surface area contributed by atoms with Crippen molar-refractivity contribution in [2.24, 2.45) is 5.92 Å². The molecular weight excluding hydrogens is 452 g/mol. The number of nitrogens with zero attached hydrogens (tertiary/aromatic N) is 2. The molecule has 1 aromatic rings. The van der Waals surface area contributed by atoms with Gasteiger partial charge in [-0.1, -0.05) is 6.92 Å². The predicted octanol–water partition coefficient (Wildman–Crippen LogP) is 1.69. The van der Waals surface area contributed by atoms with Gasteiger partial charge in [0, 0.05) is 6.07 Å². The quantitative estimate of drug-likeness (QED) is 0.245. The van der Waals surface area contributed by atoms with Crippen LogP contribution in [0.25, 0.3) is 0 Å². The summed E-state index contributed by atoms with van der Waals surface area (Å²) in [4.78, 5) is 60.5. The van der Waals surface area contributed by atoms with Crippen LogP contribution in [0, 0.1) is 16.0 Å². The summed E-state index contributed by atoms with van der Waals surface area (Å²) in [5, 5.41) is 14.6. The van der Waals surface area contributed by atoms with E-state index in [4.69, 9.17) is 14.2 Å². The molecule has 13 nitrogen and oxygen atoms in total. The SMILES string of the molecule is CCOc1cc(C(=O)OCC(=O)NN2C(=O)NC3(CCC(C)CC3)C2=O)c([N+](=O)[O-])cc1OC. The third-order valence-corrected chi connectivity index (χ3v) is 5.86. The van der Waals surface area contributed by atoms with Gasteiger partial charge in [0.2, 0.25) is 0 Å². The van der Waals surface area contributed by atoms with E-state index in [0.717, 1.165) is 25.0 Å². The first-order valence-corrected chi connectivity index (χ1v) is 10.7. The van der Waals surface area contributed by atoms with E-state index in [0.29, 0.717) is 23.8 Å².